The summed E-state index contributed by atoms with van der Waals surface area (Å²) in [6.07, 6.45) is 3.30. The van der Waals surface area contributed by atoms with E-state index in [4.69, 9.17) is 9.72 Å². The predicted molar refractivity (Wildman–Crippen MR) is 141 cm³/mol. The zero-order valence-electron chi connectivity index (χ0n) is 21.6. The van der Waals surface area contributed by atoms with Crippen molar-refractivity contribution in [2.45, 2.75) is 76.5 Å². The highest BCUT2D eigenvalue weighted by atomic mass is 16.5. The number of aliphatic hydroxyl groups is 1. The molecule has 37 heavy (non-hydrogen) atoms. The fraction of sp³-hybridized carbons (Fsp3) is 0.483. The summed E-state index contributed by atoms with van der Waals surface area (Å²) in [6.45, 7) is 3.99. The quantitative estimate of drug-likeness (QED) is 0.468. The molecule has 8 heteroatoms. The monoisotopic (exact) mass is 505 g/mol. The Kier molecular flexibility index (Phi) is 6.94. The first-order chi connectivity index (χ1) is 17.8. The number of carboxylic acid groups (broad SMARTS) is 1. The number of aliphatic hydroxyl groups excluding tert-OH is 1. The van der Waals surface area contributed by atoms with Crippen LogP contribution >= 0.6 is 0 Å². The minimum Gasteiger partial charge on any atom is -0.481 e. The molecule has 1 aliphatic heterocycles. The van der Waals surface area contributed by atoms with Crippen LogP contribution < -0.4 is 4.90 Å². The lowest BCUT2D eigenvalue weighted by atomic mass is 9.85. The Bertz CT molecular complexity index is 1300. The molecule has 5 atom stereocenters. The van der Waals surface area contributed by atoms with Crippen LogP contribution in [0.2, 0.25) is 0 Å². The Labute approximate surface area is 216 Å². The van der Waals surface area contributed by atoms with Crippen molar-refractivity contribution in [2.75, 3.05) is 12.0 Å². The number of anilines is 1. The van der Waals surface area contributed by atoms with Gasteiger partial charge in [-0.3, -0.25) is 9.69 Å². The molecule has 2 aliphatic rings. The van der Waals surface area contributed by atoms with E-state index in [1.165, 1.54) is 7.11 Å². The van der Waals surface area contributed by atoms with Gasteiger partial charge in [-0.25, -0.2) is 9.78 Å². The molecule has 196 valence electrons. The van der Waals surface area contributed by atoms with Crippen molar-refractivity contribution in [1.29, 1.82) is 0 Å². The molecule has 3 aromatic rings. The molecule has 0 bridgehead atoms. The number of rotatable bonds is 5. The molecule has 0 saturated heterocycles. The van der Waals surface area contributed by atoms with Gasteiger partial charge in [0.25, 0.3) is 0 Å². The second-order valence-corrected chi connectivity index (χ2v) is 10.5. The summed E-state index contributed by atoms with van der Waals surface area (Å²) in [7, 11) is 1.39. The molecule has 8 nitrogen and oxygen atoms in total. The number of methoxy groups -OCH3 is 1. The van der Waals surface area contributed by atoms with E-state index in [2.05, 4.69) is 4.57 Å². The summed E-state index contributed by atoms with van der Waals surface area (Å²) in [4.78, 5) is 31.4. The Morgan fingerprint density at radius 2 is 1.86 bits per heavy atom. The van der Waals surface area contributed by atoms with Crippen molar-refractivity contribution in [3.63, 3.8) is 0 Å². The summed E-state index contributed by atoms with van der Waals surface area (Å²) in [6, 6.07) is 13.5. The van der Waals surface area contributed by atoms with Gasteiger partial charge in [-0.2, -0.15) is 0 Å². The van der Waals surface area contributed by atoms with Crippen molar-refractivity contribution in [2.24, 2.45) is 5.92 Å². The minimum absolute atomic E-state index is 0.00690. The number of aromatic nitrogens is 2. The molecule has 2 heterocycles. The molecule has 1 amide bonds. The van der Waals surface area contributed by atoms with Crippen LogP contribution in [0.3, 0.4) is 0 Å². The van der Waals surface area contributed by atoms with Crippen LogP contribution in [0.5, 0.6) is 0 Å². The van der Waals surface area contributed by atoms with Gasteiger partial charge in [-0.1, -0.05) is 43.7 Å². The summed E-state index contributed by atoms with van der Waals surface area (Å²) in [5.74, 6) is -0.728. The zero-order chi connectivity index (χ0) is 26.3. The molecule has 1 saturated carbocycles. The molecule has 0 spiro atoms. The fourth-order valence-electron chi connectivity index (χ4n) is 6.20. The maximum absolute atomic E-state index is 12.6. The number of fused-ring (bicyclic) bond motifs is 3. The molecule has 0 radical (unpaired) electrons. The summed E-state index contributed by atoms with van der Waals surface area (Å²) in [5, 5.41) is 21.1. The van der Waals surface area contributed by atoms with Crippen LogP contribution in [0.1, 0.15) is 81.0 Å². The van der Waals surface area contributed by atoms with E-state index in [9.17, 15) is 19.8 Å². The third-order valence-corrected chi connectivity index (χ3v) is 8.24. The van der Waals surface area contributed by atoms with Gasteiger partial charge in [0.1, 0.15) is 5.82 Å². The summed E-state index contributed by atoms with van der Waals surface area (Å²) in [5.41, 5.74) is 4.35. The van der Waals surface area contributed by atoms with E-state index in [1.54, 1.807) is 4.90 Å². The standard InChI is InChI=1S/C29H35N3O5/c1-17-12-13-22-23(31(17)29(36)37-3)14-15-24-25(22)30-27(18(2)26(33)19-8-5-4-6-9-19)32(24)21-11-7-10-20(16-21)28(34)35/h4-6,8-9,14-15,17-18,20-21,26,33H,7,10-13,16H2,1-3H3,(H,34,35)/t17?,18-,20-,21-,26+/m1/s1. The molecular formula is C29H35N3O5. The van der Waals surface area contributed by atoms with E-state index in [-0.39, 0.29) is 18.0 Å². The molecule has 1 aliphatic carbocycles. The van der Waals surface area contributed by atoms with Gasteiger partial charge in [-0.15, -0.1) is 0 Å². The number of imidazole rings is 1. The highest BCUT2D eigenvalue weighted by Gasteiger charge is 2.36. The van der Waals surface area contributed by atoms with Gasteiger partial charge in [0, 0.05) is 23.6 Å². The summed E-state index contributed by atoms with van der Waals surface area (Å²) >= 11 is 0. The number of amides is 1. The molecule has 1 aromatic heterocycles. The third kappa shape index (κ3) is 4.48. The third-order valence-electron chi connectivity index (χ3n) is 8.24. The van der Waals surface area contributed by atoms with Crippen molar-refractivity contribution >= 4 is 28.8 Å². The lowest BCUT2D eigenvalue weighted by molar-refractivity contribution is -0.143. The molecule has 1 fully saturated rings. The van der Waals surface area contributed by atoms with Gasteiger partial charge in [0.2, 0.25) is 0 Å². The topological polar surface area (TPSA) is 105 Å². The number of carbonyl (C=O) groups excluding carboxylic acids is 1. The van der Waals surface area contributed by atoms with Crippen LogP contribution in [0.15, 0.2) is 42.5 Å². The predicted octanol–water partition coefficient (Wildman–Crippen LogP) is 5.60. The number of nitrogens with zero attached hydrogens (tertiary/aromatic N) is 3. The first-order valence-electron chi connectivity index (χ1n) is 13.2. The highest BCUT2D eigenvalue weighted by molar-refractivity contribution is 5.95. The van der Waals surface area contributed by atoms with Gasteiger partial charge in [-0.05, 0) is 56.7 Å². The number of carboxylic acids is 1. The van der Waals surface area contributed by atoms with Gasteiger partial charge >= 0.3 is 12.1 Å². The van der Waals surface area contributed by atoms with E-state index in [0.29, 0.717) is 12.8 Å². The van der Waals surface area contributed by atoms with Crippen molar-refractivity contribution < 1.29 is 24.5 Å². The number of hydrogen-bond acceptors (Lipinski definition) is 5. The van der Waals surface area contributed by atoms with Crippen molar-refractivity contribution in [3.8, 4) is 0 Å². The van der Waals surface area contributed by atoms with Crippen LogP contribution in [-0.2, 0) is 16.0 Å². The number of ether oxygens (including phenoxy) is 1. The number of hydrogen-bond donors (Lipinski definition) is 2. The van der Waals surface area contributed by atoms with Crippen LogP contribution in [0.4, 0.5) is 10.5 Å². The maximum Gasteiger partial charge on any atom is 0.414 e. The highest BCUT2D eigenvalue weighted by Crippen LogP contribution is 2.43. The van der Waals surface area contributed by atoms with E-state index >= 15 is 0 Å². The number of aryl methyl sites for hydroxylation is 1. The van der Waals surface area contributed by atoms with Gasteiger partial charge in [0.15, 0.2) is 0 Å². The molecule has 1 unspecified atom stereocenters. The first kappa shape index (κ1) is 25.3. The lowest BCUT2D eigenvalue weighted by Crippen LogP contribution is -2.42. The summed E-state index contributed by atoms with van der Waals surface area (Å²) < 4.78 is 7.26. The van der Waals surface area contributed by atoms with Crippen molar-refractivity contribution in [1.82, 2.24) is 9.55 Å². The van der Waals surface area contributed by atoms with E-state index in [1.807, 2.05) is 56.3 Å². The zero-order valence-corrected chi connectivity index (χ0v) is 21.6. The van der Waals surface area contributed by atoms with Crippen LogP contribution in [-0.4, -0.2) is 45.0 Å². The lowest BCUT2D eigenvalue weighted by Gasteiger charge is -2.34. The molecular weight excluding hydrogens is 470 g/mol. The average Bonchev–Trinajstić information content (AvgIpc) is 3.32. The number of benzene rings is 2. The van der Waals surface area contributed by atoms with Gasteiger partial charge < -0.3 is 19.5 Å². The number of carbonyl (C=O) groups is 2. The Morgan fingerprint density at radius 1 is 1.11 bits per heavy atom. The van der Waals surface area contributed by atoms with Crippen LogP contribution in [0.25, 0.3) is 11.0 Å². The second-order valence-electron chi connectivity index (χ2n) is 10.5. The first-order valence-corrected chi connectivity index (χ1v) is 13.2. The van der Waals surface area contributed by atoms with E-state index in [0.717, 1.165) is 59.4 Å². The Balaban J connectivity index is 1.67. The Morgan fingerprint density at radius 3 is 2.57 bits per heavy atom. The SMILES string of the molecule is COC(=O)N1c2ccc3c(nc([C@H](C)[C@H](O)c4ccccc4)n3[C@@H]3CCC[C@@H](C(=O)O)C3)c2CCC1C. The molecule has 5 rings (SSSR count). The van der Waals surface area contributed by atoms with Gasteiger partial charge in [0.05, 0.1) is 35.9 Å². The average molecular weight is 506 g/mol. The smallest absolute Gasteiger partial charge is 0.414 e. The fourth-order valence-corrected chi connectivity index (χ4v) is 6.20. The maximum atomic E-state index is 12.6. The minimum atomic E-state index is -0.766. The molecule has 2 N–H and O–H groups in total. The largest absolute Gasteiger partial charge is 0.481 e. The Hall–Kier alpha value is -3.39. The van der Waals surface area contributed by atoms with E-state index < -0.39 is 24.1 Å². The molecule has 2 aromatic carbocycles. The number of aliphatic carboxylic acids is 1. The second kappa shape index (κ2) is 10.2. The van der Waals surface area contributed by atoms with Crippen molar-refractivity contribution in [3.05, 3.63) is 59.4 Å². The van der Waals surface area contributed by atoms with Crippen LogP contribution in [0, 0.1) is 5.92 Å². The normalized spacial score (nSPS) is 23.4.